The number of rotatable bonds is 5. The highest BCUT2D eigenvalue weighted by Crippen LogP contribution is 2.22. The van der Waals surface area contributed by atoms with Gasteiger partial charge in [-0.25, -0.2) is 5.84 Å². The highest BCUT2D eigenvalue weighted by atomic mass is 16.6. The van der Waals surface area contributed by atoms with Crippen molar-refractivity contribution in [2.45, 2.75) is 0 Å². The van der Waals surface area contributed by atoms with Crippen LogP contribution < -0.4 is 20.7 Å². The largest absolute Gasteiger partial charge is 0.467 e. The van der Waals surface area contributed by atoms with Crippen molar-refractivity contribution >= 4 is 11.6 Å². The summed E-state index contributed by atoms with van der Waals surface area (Å²) in [6.45, 7) is 0. The Kier molecular flexibility index (Phi) is 3.86. The quantitative estimate of drug-likeness (QED) is 0.463. The van der Waals surface area contributed by atoms with Crippen LogP contribution in [0.4, 0.5) is 11.6 Å². The molecule has 0 atom stereocenters. The lowest BCUT2D eigenvalue weighted by Crippen LogP contribution is -2.12. The Balaban J connectivity index is 2.22. The van der Waals surface area contributed by atoms with Gasteiger partial charge in [-0.15, -0.1) is 4.98 Å². The summed E-state index contributed by atoms with van der Waals surface area (Å²) in [5.74, 6) is 5.59. The summed E-state index contributed by atoms with van der Waals surface area (Å²) in [4.78, 5) is 21.5. The molecule has 20 heavy (non-hydrogen) atoms. The van der Waals surface area contributed by atoms with Crippen LogP contribution >= 0.6 is 0 Å². The smallest absolute Gasteiger partial charge is 0.330 e. The maximum absolute atomic E-state index is 10.5. The summed E-state index contributed by atoms with van der Waals surface area (Å²) in [6.07, 6.45) is 0. The molecule has 0 bridgehead atoms. The van der Waals surface area contributed by atoms with E-state index in [1.54, 1.807) is 0 Å². The molecule has 0 aliphatic heterocycles. The third-order valence-corrected chi connectivity index (χ3v) is 2.16. The fourth-order valence-electron chi connectivity index (χ4n) is 1.28. The Hall–Kier alpha value is -3.01. The van der Waals surface area contributed by atoms with Gasteiger partial charge in [-0.3, -0.25) is 15.5 Å². The minimum Gasteiger partial charge on any atom is -0.467 e. The van der Waals surface area contributed by atoms with Gasteiger partial charge in [0.1, 0.15) is 5.75 Å². The zero-order chi connectivity index (χ0) is 14.5. The number of benzene rings is 1. The molecule has 0 saturated heterocycles. The molecule has 10 nitrogen and oxygen atoms in total. The van der Waals surface area contributed by atoms with Crippen LogP contribution in [0.3, 0.4) is 0 Å². The van der Waals surface area contributed by atoms with Crippen LogP contribution in [0.5, 0.6) is 17.8 Å². The molecule has 1 aromatic heterocycles. The SMILES string of the molecule is COc1nc(NN)nc(Oc2ccc([N+](=O)[O-])cc2)n1. The number of anilines is 1. The molecule has 0 saturated carbocycles. The van der Waals surface area contributed by atoms with E-state index in [9.17, 15) is 10.1 Å². The van der Waals surface area contributed by atoms with Gasteiger partial charge in [-0.1, -0.05) is 0 Å². The van der Waals surface area contributed by atoms with Gasteiger partial charge in [0.15, 0.2) is 0 Å². The number of hydrogen-bond acceptors (Lipinski definition) is 9. The first-order valence-corrected chi connectivity index (χ1v) is 5.31. The number of hydrogen-bond donors (Lipinski definition) is 2. The van der Waals surface area contributed by atoms with E-state index in [4.69, 9.17) is 15.3 Å². The van der Waals surface area contributed by atoms with E-state index in [0.29, 0.717) is 5.75 Å². The van der Waals surface area contributed by atoms with Crippen LogP contribution in [0.2, 0.25) is 0 Å². The van der Waals surface area contributed by atoms with Crippen molar-refractivity contribution in [1.82, 2.24) is 15.0 Å². The van der Waals surface area contributed by atoms with Crippen molar-refractivity contribution in [2.24, 2.45) is 5.84 Å². The van der Waals surface area contributed by atoms with E-state index in [1.165, 1.54) is 31.4 Å². The van der Waals surface area contributed by atoms with Gasteiger partial charge in [0.25, 0.3) is 5.69 Å². The molecular formula is C10H10N6O4. The first-order chi connectivity index (χ1) is 9.62. The normalized spacial score (nSPS) is 9.90. The molecule has 2 aromatic rings. The summed E-state index contributed by atoms with van der Waals surface area (Å²) in [6, 6.07) is 5.41. The maximum atomic E-state index is 10.5. The van der Waals surface area contributed by atoms with Crippen LogP contribution in [-0.2, 0) is 0 Å². The number of hydrazine groups is 1. The molecule has 0 spiro atoms. The minimum atomic E-state index is -0.508. The minimum absolute atomic E-state index is 0.0184. The lowest BCUT2D eigenvalue weighted by molar-refractivity contribution is -0.384. The number of nitrogen functional groups attached to an aromatic ring is 1. The van der Waals surface area contributed by atoms with E-state index in [0.717, 1.165) is 0 Å². The lowest BCUT2D eigenvalue weighted by atomic mass is 10.3. The van der Waals surface area contributed by atoms with E-state index in [-0.39, 0.29) is 23.7 Å². The Morgan fingerprint density at radius 2 is 1.85 bits per heavy atom. The highest BCUT2D eigenvalue weighted by Gasteiger charge is 2.09. The van der Waals surface area contributed by atoms with Crippen molar-refractivity contribution in [3.8, 4) is 17.8 Å². The molecule has 0 fully saturated rings. The van der Waals surface area contributed by atoms with Gasteiger partial charge in [-0.05, 0) is 12.1 Å². The third kappa shape index (κ3) is 3.05. The number of methoxy groups -OCH3 is 1. The molecule has 0 unspecified atom stereocenters. The van der Waals surface area contributed by atoms with Gasteiger partial charge in [0, 0.05) is 12.1 Å². The molecule has 0 amide bonds. The summed E-state index contributed by atoms with van der Waals surface area (Å²) < 4.78 is 10.2. The second-order valence-electron chi connectivity index (χ2n) is 3.43. The summed E-state index contributed by atoms with van der Waals surface area (Å²) in [5, 5.41) is 10.5. The lowest BCUT2D eigenvalue weighted by Gasteiger charge is -2.06. The van der Waals surface area contributed by atoms with Crippen LogP contribution in [0.25, 0.3) is 0 Å². The molecule has 10 heteroatoms. The van der Waals surface area contributed by atoms with Gasteiger partial charge in [-0.2, -0.15) is 9.97 Å². The number of nitro benzene ring substituents is 1. The third-order valence-electron chi connectivity index (χ3n) is 2.16. The predicted molar refractivity (Wildman–Crippen MR) is 67.4 cm³/mol. The van der Waals surface area contributed by atoms with Crippen molar-refractivity contribution < 1.29 is 14.4 Å². The molecule has 3 N–H and O–H groups in total. The summed E-state index contributed by atoms with van der Waals surface area (Å²) in [5.41, 5.74) is 2.19. The van der Waals surface area contributed by atoms with Crippen molar-refractivity contribution in [2.75, 3.05) is 12.5 Å². The topological polar surface area (TPSA) is 138 Å². The number of non-ortho nitro benzene ring substituents is 1. The van der Waals surface area contributed by atoms with E-state index in [1.807, 2.05) is 0 Å². The summed E-state index contributed by atoms with van der Waals surface area (Å²) in [7, 11) is 1.38. The average molecular weight is 278 g/mol. The zero-order valence-electron chi connectivity index (χ0n) is 10.3. The standard InChI is InChI=1S/C10H10N6O4/c1-19-9-12-8(15-11)13-10(14-9)20-7-4-2-6(3-5-7)16(17)18/h2-5H,11H2,1H3,(H,12,13,14,15). The first kappa shape index (κ1) is 13.4. The first-order valence-electron chi connectivity index (χ1n) is 5.31. The zero-order valence-corrected chi connectivity index (χ0v) is 10.3. The van der Waals surface area contributed by atoms with Gasteiger partial charge in [0.2, 0.25) is 5.95 Å². The van der Waals surface area contributed by atoms with Crippen LogP contribution in [-0.4, -0.2) is 27.0 Å². The number of nitro groups is 1. The molecular weight excluding hydrogens is 268 g/mol. The molecule has 2 rings (SSSR count). The number of nitrogens with zero attached hydrogens (tertiary/aromatic N) is 4. The van der Waals surface area contributed by atoms with Gasteiger partial charge >= 0.3 is 12.0 Å². The second kappa shape index (κ2) is 5.75. The number of aromatic nitrogens is 3. The molecule has 1 heterocycles. The Labute approximate surface area is 112 Å². The molecule has 1 aromatic carbocycles. The highest BCUT2D eigenvalue weighted by molar-refractivity contribution is 5.37. The molecule has 0 aliphatic carbocycles. The van der Waals surface area contributed by atoms with Crippen molar-refractivity contribution in [3.05, 3.63) is 34.4 Å². The van der Waals surface area contributed by atoms with Gasteiger partial charge in [0.05, 0.1) is 12.0 Å². The Morgan fingerprint density at radius 1 is 1.20 bits per heavy atom. The number of nitrogens with two attached hydrogens (primary N) is 1. The number of nitrogens with one attached hydrogen (secondary N) is 1. The van der Waals surface area contributed by atoms with E-state index in [2.05, 4.69) is 20.4 Å². The average Bonchev–Trinajstić information content (AvgIpc) is 2.47. The fourth-order valence-corrected chi connectivity index (χ4v) is 1.28. The molecule has 0 aliphatic rings. The number of ether oxygens (including phenoxy) is 2. The maximum Gasteiger partial charge on any atom is 0.330 e. The van der Waals surface area contributed by atoms with Crippen molar-refractivity contribution in [3.63, 3.8) is 0 Å². The fraction of sp³-hybridized carbons (Fsp3) is 0.100. The van der Waals surface area contributed by atoms with Crippen LogP contribution in [0.1, 0.15) is 0 Å². The second-order valence-corrected chi connectivity index (χ2v) is 3.43. The van der Waals surface area contributed by atoms with E-state index >= 15 is 0 Å². The van der Waals surface area contributed by atoms with Crippen LogP contribution in [0.15, 0.2) is 24.3 Å². The molecule has 0 radical (unpaired) electrons. The monoisotopic (exact) mass is 278 g/mol. The van der Waals surface area contributed by atoms with E-state index < -0.39 is 4.92 Å². The van der Waals surface area contributed by atoms with Crippen LogP contribution in [0, 0.1) is 10.1 Å². The Bertz CT molecular complexity index is 595. The molecule has 104 valence electrons. The Morgan fingerprint density at radius 3 is 2.40 bits per heavy atom. The van der Waals surface area contributed by atoms with Gasteiger partial charge < -0.3 is 9.47 Å². The predicted octanol–water partition coefficient (Wildman–Crippen LogP) is 0.866. The summed E-state index contributed by atoms with van der Waals surface area (Å²) >= 11 is 0. The van der Waals surface area contributed by atoms with Crippen molar-refractivity contribution in [1.29, 1.82) is 0 Å².